The largest absolute Gasteiger partial charge is 0.301 e. The van der Waals surface area contributed by atoms with Crippen LogP contribution in [0.2, 0.25) is 0 Å². The molecule has 0 fully saturated rings. The Morgan fingerprint density at radius 2 is 1.86 bits per heavy atom. The molecule has 3 aromatic heterocycles. The van der Waals surface area contributed by atoms with Crippen LogP contribution in [0.4, 0.5) is 0 Å². The van der Waals surface area contributed by atoms with Gasteiger partial charge in [-0.25, -0.2) is 14.6 Å². The normalized spacial score (nSPS) is 11.1. The fourth-order valence-corrected chi connectivity index (χ4v) is 2.65. The molecule has 4 rings (SSSR count). The van der Waals surface area contributed by atoms with Gasteiger partial charge in [-0.15, -0.1) is 0 Å². The number of fused-ring (bicyclic) bond motifs is 1. The molecule has 0 unspecified atom stereocenters. The molecule has 0 saturated carbocycles. The molecule has 0 N–H and O–H groups in total. The summed E-state index contributed by atoms with van der Waals surface area (Å²) in [4.78, 5) is 8.82. The van der Waals surface area contributed by atoms with E-state index in [1.807, 2.05) is 47.4 Å². The molecule has 102 valence electrons. The summed E-state index contributed by atoms with van der Waals surface area (Å²) in [6, 6.07) is 10.1. The zero-order chi connectivity index (χ0) is 14.2. The van der Waals surface area contributed by atoms with Crippen LogP contribution >= 0.6 is 15.9 Å². The van der Waals surface area contributed by atoms with E-state index in [1.165, 1.54) is 0 Å². The topological polar surface area (TPSA) is 48.0 Å². The number of nitrogens with zero attached hydrogens (tertiary/aromatic N) is 5. The maximum atomic E-state index is 4.48. The molecule has 0 spiro atoms. The van der Waals surface area contributed by atoms with Gasteiger partial charge in [0.1, 0.15) is 4.60 Å². The lowest BCUT2D eigenvalue weighted by atomic mass is 10.1. The summed E-state index contributed by atoms with van der Waals surface area (Å²) in [6.45, 7) is 0. The zero-order valence-corrected chi connectivity index (χ0v) is 12.5. The van der Waals surface area contributed by atoms with Gasteiger partial charge in [-0.3, -0.25) is 0 Å². The molecule has 1 aromatic carbocycles. The second-order valence-electron chi connectivity index (χ2n) is 4.58. The maximum Gasteiger partial charge on any atom is 0.198 e. The van der Waals surface area contributed by atoms with Crippen molar-refractivity contribution in [3.8, 4) is 16.9 Å². The summed E-state index contributed by atoms with van der Waals surface area (Å²) < 4.78 is 4.39. The Morgan fingerprint density at radius 1 is 1.00 bits per heavy atom. The SMILES string of the molecule is Brc1cn2ccnc2c(-n2cc(-c3ccccc3)cn2)n1. The minimum absolute atomic E-state index is 0.691. The minimum Gasteiger partial charge on any atom is -0.301 e. The lowest BCUT2D eigenvalue weighted by Gasteiger charge is -2.03. The van der Waals surface area contributed by atoms with E-state index >= 15 is 0 Å². The number of imidazole rings is 1. The molecule has 0 aliphatic carbocycles. The Kier molecular flexibility index (Phi) is 2.82. The molecule has 0 aliphatic rings. The van der Waals surface area contributed by atoms with Crippen molar-refractivity contribution < 1.29 is 0 Å². The van der Waals surface area contributed by atoms with Crippen LogP contribution in [-0.4, -0.2) is 24.1 Å². The summed E-state index contributed by atoms with van der Waals surface area (Å²) >= 11 is 3.42. The highest BCUT2D eigenvalue weighted by Gasteiger charge is 2.10. The Morgan fingerprint density at radius 3 is 2.71 bits per heavy atom. The molecule has 6 heteroatoms. The number of benzene rings is 1. The molecule has 21 heavy (non-hydrogen) atoms. The summed E-state index contributed by atoms with van der Waals surface area (Å²) in [7, 11) is 0. The van der Waals surface area contributed by atoms with Crippen LogP contribution in [0, 0.1) is 0 Å². The van der Waals surface area contributed by atoms with E-state index < -0.39 is 0 Å². The van der Waals surface area contributed by atoms with E-state index in [2.05, 4.69) is 43.1 Å². The molecular weight excluding hydrogens is 330 g/mol. The number of aromatic nitrogens is 5. The van der Waals surface area contributed by atoms with Crippen LogP contribution in [-0.2, 0) is 0 Å². The molecule has 0 atom stereocenters. The van der Waals surface area contributed by atoms with Gasteiger partial charge in [0, 0.05) is 30.4 Å². The van der Waals surface area contributed by atoms with E-state index in [4.69, 9.17) is 0 Å². The third-order valence-electron chi connectivity index (χ3n) is 3.23. The van der Waals surface area contributed by atoms with Crippen molar-refractivity contribution in [2.75, 3.05) is 0 Å². The molecule has 0 amide bonds. The Bertz CT molecular complexity index is 910. The molecule has 4 aromatic rings. The van der Waals surface area contributed by atoms with Gasteiger partial charge in [0.05, 0.1) is 6.20 Å². The maximum absolute atomic E-state index is 4.48. The highest BCUT2D eigenvalue weighted by Crippen LogP contribution is 2.21. The van der Waals surface area contributed by atoms with E-state index in [9.17, 15) is 0 Å². The lowest BCUT2D eigenvalue weighted by Crippen LogP contribution is -2.02. The highest BCUT2D eigenvalue weighted by molar-refractivity contribution is 9.10. The van der Waals surface area contributed by atoms with Gasteiger partial charge in [-0.1, -0.05) is 30.3 Å². The highest BCUT2D eigenvalue weighted by atomic mass is 79.9. The van der Waals surface area contributed by atoms with Crippen LogP contribution < -0.4 is 0 Å². The summed E-state index contributed by atoms with van der Waals surface area (Å²) in [5, 5.41) is 4.41. The Hall–Kier alpha value is -2.47. The average molecular weight is 340 g/mol. The van der Waals surface area contributed by atoms with Crippen LogP contribution in [0.5, 0.6) is 0 Å². The molecule has 3 heterocycles. The van der Waals surface area contributed by atoms with Crippen molar-refractivity contribution in [1.29, 1.82) is 0 Å². The first-order valence-corrected chi connectivity index (χ1v) is 7.20. The summed E-state index contributed by atoms with van der Waals surface area (Å²) in [5.74, 6) is 0.691. The minimum atomic E-state index is 0.691. The fraction of sp³-hybridized carbons (Fsp3) is 0. The molecular formula is C15H10BrN5. The van der Waals surface area contributed by atoms with Gasteiger partial charge in [0.15, 0.2) is 11.5 Å². The van der Waals surface area contributed by atoms with E-state index in [0.717, 1.165) is 21.4 Å². The zero-order valence-electron chi connectivity index (χ0n) is 10.9. The van der Waals surface area contributed by atoms with E-state index in [1.54, 1.807) is 10.9 Å². The van der Waals surface area contributed by atoms with Crippen molar-refractivity contribution in [3.63, 3.8) is 0 Å². The molecule has 0 bridgehead atoms. The van der Waals surface area contributed by atoms with Gasteiger partial charge in [-0.2, -0.15) is 5.10 Å². The van der Waals surface area contributed by atoms with Gasteiger partial charge in [0.25, 0.3) is 0 Å². The molecule has 0 radical (unpaired) electrons. The predicted molar refractivity (Wildman–Crippen MR) is 83.2 cm³/mol. The fourth-order valence-electron chi connectivity index (χ4n) is 2.26. The Labute approximate surface area is 129 Å². The second kappa shape index (κ2) is 4.82. The summed E-state index contributed by atoms with van der Waals surface area (Å²) in [6.07, 6.45) is 9.28. The van der Waals surface area contributed by atoms with E-state index in [-0.39, 0.29) is 0 Å². The van der Waals surface area contributed by atoms with Crippen molar-refractivity contribution in [1.82, 2.24) is 24.1 Å². The average Bonchev–Trinajstić information content (AvgIpc) is 3.16. The predicted octanol–water partition coefficient (Wildman–Crippen LogP) is 3.34. The van der Waals surface area contributed by atoms with Gasteiger partial charge < -0.3 is 4.40 Å². The third-order valence-corrected chi connectivity index (χ3v) is 3.62. The number of hydrogen-bond acceptors (Lipinski definition) is 3. The van der Waals surface area contributed by atoms with Crippen LogP contribution in [0.25, 0.3) is 22.6 Å². The smallest absolute Gasteiger partial charge is 0.198 e. The quantitative estimate of drug-likeness (QED) is 0.562. The first kappa shape index (κ1) is 12.3. The second-order valence-corrected chi connectivity index (χ2v) is 5.40. The number of hydrogen-bond donors (Lipinski definition) is 0. The van der Waals surface area contributed by atoms with Crippen molar-refractivity contribution in [3.05, 3.63) is 65.9 Å². The van der Waals surface area contributed by atoms with Crippen LogP contribution in [0.3, 0.4) is 0 Å². The Balaban J connectivity index is 1.87. The van der Waals surface area contributed by atoms with Crippen LogP contribution in [0.15, 0.2) is 65.9 Å². The molecule has 0 saturated heterocycles. The molecule has 0 aliphatic heterocycles. The van der Waals surface area contributed by atoms with Crippen molar-refractivity contribution >= 4 is 21.6 Å². The number of rotatable bonds is 2. The van der Waals surface area contributed by atoms with E-state index in [0.29, 0.717) is 5.82 Å². The van der Waals surface area contributed by atoms with Crippen LogP contribution in [0.1, 0.15) is 0 Å². The van der Waals surface area contributed by atoms with Gasteiger partial charge in [0.2, 0.25) is 0 Å². The standard InChI is InChI=1S/C15H10BrN5/c16-13-10-20-7-6-17-14(20)15(19-13)21-9-12(8-18-21)11-4-2-1-3-5-11/h1-10H. The number of halogens is 1. The molecule has 5 nitrogen and oxygen atoms in total. The first-order valence-electron chi connectivity index (χ1n) is 6.41. The van der Waals surface area contributed by atoms with Gasteiger partial charge >= 0.3 is 0 Å². The van der Waals surface area contributed by atoms with Crippen molar-refractivity contribution in [2.45, 2.75) is 0 Å². The third kappa shape index (κ3) is 2.13. The van der Waals surface area contributed by atoms with Crippen molar-refractivity contribution in [2.24, 2.45) is 0 Å². The van der Waals surface area contributed by atoms with Gasteiger partial charge in [-0.05, 0) is 21.5 Å². The monoisotopic (exact) mass is 339 g/mol. The first-order chi connectivity index (χ1) is 10.3. The summed E-state index contributed by atoms with van der Waals surface area (Å²) in [5.41, 5.74) is 2.93. The lowest BCUT2D eigenvalue weighted by molar-refractivity contribution is 0.837.